The first kappa shape index (κ1) is 16.1. The van der Waals surface area contributed by atoms with Crippen molar-refractivity contribution in [2.24, 2.45) is 5.10 Å². The molecule has 0 unspecified atom stereocenters. The van der Waals surface area contributed by atoms with Crippen molar-refractivity contribution in [3.63, 3.8) is 0 Å². The molecule has 6 nitrogen and oxygen atoms in total. The van der Waals surface area contributed by atoms with Crippen LogP contribution < -0.4 is 14.9 Å². The summed E-state index contributed by atoms with van der Waals surface area (Å²) in [6.07, 6.45) is 3.21. The minimum Gasteiger partial charge on any atom is -0.493 e. The lowest BCUT2D eigenvalue weighted by molar-refractivity contribution is 0.0951. The van der Waals surface area contributed by atoms with Crippen LogP contribution in [0.25, 0.3) is 0 Å². The van der Waals surface area contributed by atoms with Crippen LogP contribution in [0.2, 0.25) is 0 Å². The van der Waals surface area contributed by atoms with Crippen LogP contribution in [0.15, 0.2) is 40.0 Å². The number of hydrazone groups is 1. The van der Waals surface area contributed by atoms with E-state index >= 15 is 0 Å². The van der Waals surface area contributed by atoms with E-state index in [4.69, 9.17) is 9.47 Å². The van der Waals surface area contributed by atoms with Gasteiger partial charge in [-0.05, 0) is 52.7 Å². The first-order valence-corrected chi connectivity index (χ1v) is 7.41. The van der Waals surface area contributed by atoms with E-state index in [1.54, 1.807) is 31.5 Å². The topological polar surface area (TPSA) is 75.7 Å². The molecule has 1 aromatic carbocycles. The Balaban J connectivity index is 2.02. The SMILES string of the molecule is CCOc1ccc(/C=N\NC(=O)c2cc(Br)c[nH]2)cc1OC. The number of H-pyrrole nitrogens is 1. The van der Waals surface area contributed by atoms with Gasteiger partial charge in [0.1, 0.15) is 5.69 Å². The number of methoxy groups -OCH3 is 1. The van der Waals surface area contributed by atoms with E-state index in [1.807, 2.05) is 13.0 Å². The fourth-order valence-electron chi connectivity index (χ4n) is 1.76. The Labute approximate surface area is 136 Å². The molecule has 0 radical (unpaired) electrons. The maximum absolute atomic E-state index is 11.8. The monoisotopic (exact) mass is 365 g/mol. The molecule has 0 aliphatic rings. The van der Waals surface area contributed by atoms with Gasteiger partial charge in [0.15, 0.2) is 11.5 Å². The number of aromatic amines is 1. The molecule has 2 aromatic rings. The predicted octanol–water partition coefficient (Wildman–Crippen LogP) is 2.95. The molecule has 1 aromatic heterocycles. The van der Waals surface area contributed by atoms with E-state index in [0.717, 1.165) is 10.0 Å². The summed E-state index contributed by atoms with van der Waals surface area (Å²) in [7, 11) is 1.57. The Kier molecular flexibility index (Phi) is 5.60. The van der Waals surface area contributed by atoms with Gasteiger partial charge in [-0.25, -0.2) is 5.43 Å². The van der Waals surface area contributed by atoms with Crippen molar-refractivity contribution >= 4 is 28.1 Å². The molecule has 0 atom stereocenters. The first-order chi connectivity index (χ1) is 10.6. The number of hydrogen-bond acceptors (Lipinski definition) is 4. The van der Waals surface area contributed by atoms with E-state index < -0.39 is 0 Å². The van der Waals surface area contributed by atoms with Crippen molar-refractivity contribution in [1.29, 1.82) is 0 Å². The molecule has 0 saturated heterocycles. The lowest BCUT2D eigenvalue weighted by atomic mass is 10.2. The van der Waals surface area contributed by atoms with Crippen LogP contribution in [0.3, 0.4) is 0 Å². The van der Waals surface area contributed by atoms with Gasteiger partial charge in [0.2, 0.25) is 0 Å². The summed E-state index contributed by atoms with van der Waals surface area (Å²) >= 11 is 3.27. The molecule has 0 saturated carbocycles. The molecule has 2 N–H and O–H groups in total. The van der Waals surface area contributed by atoms with Crippen molar-refractivity contribution in [1.82, 2.24) is 10.4 Å². The van der Waals surface area contributed by atoms with Crippen LogP contribution >= 0.6 is 15.9 Å². The Morgan fingerprint density at radius 3 is 2.86 bits per heavy atom. The fraction of sp³-hybridized carbons (Fsp3) is 0.200. The Bertz CT molecular complexity index is 682. The van der Waals surface area contributed by atoms with Gasteiger partial charge < -0.3 is 14.5 Å². The molecular weight excluding hydrogens is 350 g/mol. The van der Waals surface area contributed by atoms with Gasteiger partial charge in [0.25, 0.3) is 5.91 Å². The first-order valence-electron chi connectivity index (χ1n) is 6.62. The number of carbonyl (C=O) groups is 1. The molecular formula is C15H16BrN3O3. The van der Waals surface area contributed by atoms with Crippen molar-refractivity contribution < 1.29 is 14.3 Å². The van der Waals surface area contributed by atoms with Gasteiger partial charge in [-0.15, -0.1) is 0 Å². The Hall–Kier alpha value is -2.28. The fourth-order valence-corrected chi connectivity index (χ4v) is 2.11. The zero-order chi connectivity index (χ0) is 15.9. The van der Waals surface area contributed by atoms with Crippen molar-refractivity contribution in [2.75, 3.05) is 13.7 Å². The quantitative estimate of drug-likeness (QED) is 0.610. The van der Waals surface area contributed by atoms with E-state index in [9.17, 15) is 4.79 Å². The van der Waals surface area contributed by atoms with Crippen molar-refractivity contribution in [3.8, 4) is 11.5 Å². The van der Waals surface area contributed by atoms with Gasteiger partial charge >= 0.3 is 0 Å². The summed E-state index contributed by atoms with van der Waals surface area (Å²) in [5.74, 6) is 0.965. The van der Waals surface area contributed by atoms with Crippen molar-refractivity contribution in [3.05, 3.63) is 46.2 Å². The van der Waals surface area contributed by atoms with Crippen LogP contribution in [0.4, 0.5) is 0 Å². The van der Waals surface area contributed by atoms with Gasteiger partial charge in [0.05, 0.1) is 19.9 Å². The van der Waals surface area contributed by atoms with E-state index in [1.165, 1.54) is 6.21 Å². The molecule has 22 heavy (non-hydrogen) atoms. The van der Waals surface area contributed by atoms with Gasteiger partial charge in [-0.1, -0.05) is 0 Å². The molecule has 7 heteroatoms. The summed E-state index contributed by atoms with van der Waals surface area (Å²) in [6, 6.07) is 7.08. The molecule has 0 bridgehead atoms. The Morgan fingerprint density at radius 1 is 1.41 bits per heavy atom. The van der Waals surface area contributed by atoms with E-state index in [2.05, 4.69) is 31.4 Å². The molecule has 0 aliphatic heterocycles. The number of ether oxygens (including phenoxy) is 2. The minimum absolute atomic E-state index is 0.320. The highest BCUT2D eigenvalue weighted by Gasteiger charge is 2.06. The maximum Gasteiger partial charge on any atom is 0.287 e. The van der Waals surface area contributed by atoms with Crippen LogP contribution in [0.5, 0.6) is 11.5 Å². The van der Waals surface area contributed by atoms with E-state index in [0.29, 0.717) is 23.8 Å². The number of rotatable bonds is 6. The van der Waals surface area contributed by atoms with Crippen LogP contribution in [-0.4, -0.2) is 30.8 Å². The number of halogens is 1. The molecule has 1 heterocycles. The minimum atomic E-state index is -0.320. The molecule has 2 rings (SSSR count). The standard InChI is InChI=1S/C15H16BrN3O3/c1-3-22-13-5-4-10(6-14(13)21-2)8-18-19-15(20)12-7-11(16)9-17-12/h4-9,17H,3H2,1-2H3,(H,19,20)/b18-8-. The van der Waals surface area contributed by atoms with Crippen LogP contribution in [-0.2, 0) is 0 Å². The number of hydrogen-bond donors (Lipinski definition) is 2. The maximum atomic E-state index is 11.8. The number of benzene rings is 1. The molecule has 0 fully saturated rings. The average molecular weight is 366 g/mol. The Morgan fingerprint density at radius 2 is 2.23 bits per heavy atom. The smallest absolute Gasteiger partial charge is 0.287 e. The van der Waals surface area contributed by atoms with Gasteiger partial charge in [0, 0.05) is 10.7 Å². The van der Waals surface area contributed by atoms with E-state index in [-0.39, 0.29) is 5.91 Å². The summed E-state index contributed by atoms with van der Waals surface area (Å²) in [6.45, 7) is 2.47. The zero-order valence-corrected chi connectivity index (χ0v) is 13.8. The lowest BCUT2D eigenvalue weighted by Gasteiger charge is -2.09. The summed E-state index contributed by atoms with van der Waals surface area (Å²) < 4.78 is 11.5. The largest absolute Gasteiger partial charge is 0.493 e. The van der Waals surface area contributed by atoms with Gasteiger partial charge in [-0.3, -0.25) is 4.79 Å². The van der Waals surface area contributed by atoms with Crippen LogP contribution in [0.1, 0.15) is 23.0 Å². The third-order valence-electron chi connectivity index (χ3n) is 2.76. The lowest BCUT2D eigenvalue weighted by Crippen LogP contribution is -2.17. The molecule has 0 spiro atoms. The molecule has 0 aliphatic carbocycles. The van der Waals surface area contributed by atoms with Crippen LogP contribution in [0, 0.1) is 0 Å². The summed E-state index contributed by atoms with van der Waals surface area (Å²) in [5.41, 5.74) is 3.65. The van der Waals surface area contributed by atoms with Crippen molar-refractivity contribution in [2.45, 2.75) is 6.92 Å². The number of nitrogens with zero attached hydrogens (tertiary/aromatic N) is 1. The number of carbonyl (C=O) groups excluding carboxylic acids is 1. The summed E-state index contributed by atoms with van der Waals surface area (Å²) in [4.78, 5) is 14.6. The molecule has 1 amide bonds. The highest BCUT2D eigenvalue weighted by molar-refractivity contribution is 9.10. The second kappa shape index (κ2) is 7.65. The third-order valence-corrected chi connectivity index (χ3v) is 3.22. The second-order valence-electron chi connectivity index (χ2n) is 4.27. The average Bonchev–Trinajstić information content (AvgIpc) is 2.95. The predicted molar refractivity (Wildman–Crippen MR) is 87.7 cm³/mol. The highest BCUT2D eigenvalue weighted by Crippen LogP contribution is 2.27. The highest BCUT2D eigenvalue weighted by atomic mass is 79.9. The number of nitrogens with one attached hydrogen (secondary N) is 2. The molecule has 116 valence electrons. The normalized spacial score (nSPS) is 10.7. The summed E-state index contributed by atoms with van der Waals surface area (Å²) in [5, 5.41) is 3.92. The third kappa shape index (κ3) is 4.11. The number of aromatic nitrogens is 1. The van der Waals surface area contributed by atoms with Gasteiger partial charge in [-0.2, -0.15) is 5.10 Å². The zero-order valence-electron chi connectivity index (χ0n) is 12.2. The number of amides is 1. The second-order valence-corrected chi connectivity index (χ2v) is 5.19.